The molecule has 0 N–H and O–H groups in total. The Balaban J connectivity index is 2.26. The largest absolute Gasteiger partial charge is 0.489 e. The van der Waals surface area contributed by atoms with E-state index in [-0.39, 0.29) is 19.0 Å². The highest BCUT2D eigenvalue weighted by Crippen LogP contribution is 2.37. The summed E-state index contributed by atoms with van der Waals surface area (Å²) in [6, 6.07) is 5.35. The Morgan fingerprint density at radius 1 is 1.29 bits per heavy atom. The van der Waals surface area contributed by atoms with Gasteiger partial charge in [0.05, 0.1) is 29.7 Å². The van der Waals surface area contributed by atoms with Crippen molar-refractivity contribution < 1.29 is 14.3 Å². The molecule has 0 amide bonds. The molecule has 0 aliphatic rings. The summed E-state index contributed by atoms with van der Waals surface area (Å²) in [4.78, 5) is 15.7. The number of carbonyl (C=O) groups excluding carboxylic acids is 1. The molecule has 0 aliphatic heterocycles. The summed E-state index contributed by atoms with van der Waals surface area (Å²) in [5.41, 5.74) is 1.42. The van der Waals surface area contributed by atoms with Crippen LogP contribution in [0.4, 0.5) is 0 Å². The van der Waals surface area contributed by atoms with E-state index in [1.165, 1.54) is 0 Å². The Bertz CT molecular complexity index is 674. The van der Waals surface area contributed by atoms with Crippen LogP contribution >= 0.6 is 23.2 Å². The Kier molecular flexibility index (Phi) is 5.26. The molecule has 0 saturated carbocycles. The summed E-state index contributed by atoms with van der Waals surface area (Å²) in [6.45, 7) is 4.15. The molecule has 1 heterocycles. The lowest BCUT2D eigenvalue weighted by molar-refractivity contribution is -0.143. The standard InChI is InChI=1S/C15H15Cl2NO3/c1-3-20-13(19)6-7-21-15-12(17)8-11(16)10-5-4-9(2)18-14(10)15/h4-5,8H,3,6-7H2,1-2H3. The smallest absolute Gasteiger partial charge is 0.309 e. The first-order valence-corrected chi connectivity index (χ1v) is 7.32. The summed E-state index contributed by atoms with van der Waals surface area (Å²) in [5.74, 6) is 0.125. The Morgan fingerprint density at radius 2 is 2.05 bits per heavy atom. The van der Waals surface area contributed by atoms with E-state index < -0.39 is 0 Å². The van der Waals surface area contributed by atoms with Gasteiger partial charge in [0, 0.05) is 11.1 Å². The Hall–Kier alpha value is -1.52. The maximum atomic E-state index is 11.3. The van der Waals surface area contributed by atoms with Crippen molar-refractivity contribution in [3.8, 4) is 5.75 Å². The third kappa shape index (κ3) is 3.77. The lowest BCUT2D eigenvalue weighted by Crippen LogP contribution is -2.10. The molecule has 0 aliphatic carbocycles. The number of hydrogen-bond donors (Lipinski definition) is 0. The van der Waals surface area contributed by atoms with E-state index in [1.54, 1.807) is 13.0 Å². The van der Waals surface area contributed by atoms with Crippen molar-refractivity contribution >= 4 is 40.1 Å². The van der Waals surface area contributed by atoms with Crippen molar-refractivity contribution in [2.45, 2.75) is 20.3 Å². The molecule has 0 saturated heterocycles. The first-order valence-electron chi connectivity index (χ1n) is 6.56. The van der Waals surface area contributed by atoms with E-state index in [4.69, 9.17) is 32.7 Å². The molecule has 0 spiro atoms. The van der Waals surface area contributed by atoms with Crippen LogP contribution in [0.3, 0.4) is 0 Å². The van der Waals surface area contributed by atoms with Crippen molar-refractivity contribution in [3.63, 3.8) is 0 Å². The fourth-order valence-electron chi connectivity index (χ4n) is 1.90. The van der Waals surface area contributed by atoms with Crippen LogP contribution in [0.1, 0.15) is 19.0 Å². The highest BCUT2D eigenvalue weighted by molar-refractivity contribution is 6.39. The number of esters is 1. The lowest BCUT2D eigenvalue weighted by atomic mass is 10.2. The Labute approximate surface area is 133 Å². The van der Waals surface area contributed by atoms with E-state index in [0.29, 0.717) is 27.9 Å². The van der Waals surface area contributed by atoms with Crippen molar-refractivity contribution in [3.05, 3.63) is 33.9 Å². The van der Waals surface area contributed by atoms with Gasteiger partial charge in [0.1, 0.15) is 5.52 Å². The molecular formula is C15H15Cl2NO3. The normalized spacial score (nSPS) is 10.7. The molecule has 2 rings (SSSR count). The highest BCUT2D eigenvalue weighted by atomic mass is 35.5. The van der Waals surface area contributed by atoms with Gasteiger partial charge in [-0.1, -0.05) is 23.2 Å². The molecule has 1 aromatic heterocycles. The summed E-state index contributed by atoms with van der Waals surface area (Å²) in [5, 5.41) is 1.65. The van der Waals surface area contributed by atoms with Gasteiger partial charge in [0.2, 0.25) is 0 Å². The molecular weight excluding hydrogens is 313 g/mol. The summed E-state index contributed by atoms with van der Waals surface area (Å²) >= 11 is 12.3. The van der Waals surface area contributed by atoms with Gasteiger partial charge < -0.3 is 9.47 Å². The zero-order valence-corrected chi connectivity index (χ0v) is 13.3. The lowest BCUT2D eigenvalue weighted by Gasteiger charge is -2.12. The van der Waals surface area contributed by atoms with Crippen LogP contribution in [-0.4, -0.2) is 24.2 Å². The summed E-state index contributed by atoms with van der Waals surface area (Å²) < 4.78 is 10.5. The molecule has 21 heavy (non-hydrogen) atoms. The number of ether oxygens (including phenoxy) is 2. The average molecular weight is 328 g/mol. The van der Waals surface area contributed by atoms with Gasteiger partial charge in [-0.3, -0.25) is 4.79 Å². The second-order valence-electron chi connectivity index (χ2n) is 4.42. The van der Waals surface area contributed by atoms with Crippen molar-refractivity contribution in [2.75, 3.05) is 13.2 Å². The van der Waals surface area contributed by atoms with Gasteiger partial charge in [0.25, 0.3) is 0 Å². The quantitative estimate of drug-likeness (QED) is 0.773. The van der Waals surface area contributed by atoms with Crippen LogP contribution in [-0.2, 0) is 9.53 Å². The number of pyridine rings is 1. The monoisotopic (exact) mass is 327 g/mol. The summed E-state index contributed by atoms with van der Waals surface area (Å²) in [7, 11) is 0. The van der Waals surface area contributed by atoms with Crippen LogP contribution < -0.4 is 4.74 Å². The SMILES string of the molecule is CCOC(=O)CCOc1c(Cl)cc(Cl)c2ccc(C)nc12. The maximum Gasteiger partial charge on any atom is 0.309 e. The van der Waals surface area contributed by atoms with Crippen molar-refractivity contribution in [1.29, 1.82) is 0 Å². The molecule has 0 fully saturated rings. The fraction of sp³-hybridized carbons (Fsp3) is 0.333. The molecule has 1 aromatic carbocycles. The number of hydrogen-bond acceptors (Lipinski definition) is 4. The van der Waals surface area contributed by atoms with E-state index >= 15 is 0 Å². The van der Waals surface area contributed by atoms with Crippen LogP contribution in [0, 0.1) is 6.92 Å². The van der Waals surface area contributed by atoms with Gasteiger partial charge in [0.15, 0.2) is 5.75 Å². The van der Waals surface area contributed by atoms with E-state index in [2.05, 4.69) is 4.98 Å². The van der Waals surface area contributed by atoms with Gasteiger partial charge in [-0.2, -0.15) is 0 Å². The minimum absolute atomic E-state index is 0.153. The highest BCUT2D eigenvalue weighted by Gasteiger charge is 2.14. The second-order valence-corrected chi connectivity index (χ2v) is 5.24. The molecule has 2 aromatic rings. The predicted molar refractivity (Wildman–Crippen MR) is 83.2 cm³/mol. The number of aromatic nitrogens is 1. The minimum Gasteiger partial charge on any atom is -0.489 e. The van der Waals surface area contributed by atoms with E-state index in [0.717, 1.165) is 11.1 Å². The van der Waals surface area contributed by atoms with Gasteiger partial charge in [-0.15, -0.1) is 0 Å². The molecule has 6 heteroatoms. The predicted octanol–water partition coefficient (Wildman–Crippen LogP) is 4.18. The second kappa shape index (κ2) is 6.96. The average Bonchev–Trinajstić information content (AvgIpc) is 2.42. The first kappa shape index (κ1) is 15.9. The number of rotatable bonds is 5. The van der Waals surface area contributed by atoms with Crippen LogP contribution in [0.15, 0.2) is 18.2 Å². The van der Waals surface area contributed by atoms with Gasteiger partial charge in [-0.05, 0) is 32.0 Å². The number of fused-ring (bicyclic) bond motifs is 1. The summed E-state index contributed by atoms with van der Waals surface area (Å²) in [6.07, 6.45) is 0.153. The number of halogens is 2. The number of aryl methyl sites for hydroxylation is 1. The topological polar surface area (TPSA) is 48.4 Å². The van der Waals surface area contributed by atoms with E-state index in [1.807, 2.05) is 19.1 Å². The Morgan fingerprint density at radius 3 is 2.76 bits per heavy atom. The van der Waals surface area contributed by atoms with E-state index in [9.17, 15) is 4.79 Å². The number of nitrogens with zero attached hydrogens (tertiary/aromatic N) is 1. The first-order chi connectivity index (χ1) is 10.0. The molecule has 0 unspecified atom stereocenters. The third-order valence-corrected chi connectivity index (χ3v) is 3.43. The molecule has 0 atom stereocenters. The number of benzene rings is 1. The third-order valence-electron chi connectivity index (χ3n) is 2.84. The zero-order chi connectivity index (χ0) is 15.4. The molecule has 0 radical (unpaired) electrons. The molecule has 0 bridgehead atoms. The van der Waals surface area contributed by atoms with Crippen molar-refractivity contribution in [1.82, 2.24) is 4.98 Å². The van der Waals surface area contributed by atoms with Crippen molar-refractivity contribution in [2.24, 2.45) is 0 Å². The molecule has 112 valence electrons. The fourth-order valence-corrected chi connectivity index (χ4v) is 2.47. The van der Waals surface area contributed by atoms with Gasteiger partial charge in [-0.25, -0.2) is 4.98 Å². The number of carbonyl (C=O) groups is 1. The van der Waals surface area contributed by atoms with Crippen LogP contribution in [0.2, 0.25) is 10.0 Å². The minimum atomic E-state index is -0.309. The maximum absolute atomic E-state index is 11.3. The zero-order valence-electron chi connectivity index (χ0n) is 11.8. The molecule has 4 nitrogen and oxygen atoms in total. The van der Waals surface area contributed by atoms with Crippen LogP contribution in [0.25, 0.3) is 10.9 Å². The van der Waals surface area contributed by atoms with Gasteiger partial charge >= 0.3 is 5.97 Å². The van der Waals surface area contributed by atoms with Crippen LogP contribution in [0.5, 0.6) is 5.75 Å².